The number of amides is 1. The Kier molecular flexibility index (Phi) is 7.38. The van der Waals surface area contributed by atoms with E-state index in [2.05, 4.69) is 11.6 Å². The van der Waals surface area contributed by atoms with E-state index in [0.29, 0.717) is 35.7 Å². The summed E-state index contributed by atoms with van der Waals surface area (Å²) in [6.45, 7) is 6.83. The summed E-state index contributed by atoms with van der Waals surface area (Å²) in [5.41, 5.74) is 4.66. The van der Waals surface area contributed by atoms with Crippen LogP contribution in [0.5, 0.6) is 5.75 Å². The van der Waals surface area contributed by atoms with Crippen LogP contribution in [0.2, 0.25) is 0 Å². The Bertz CT molecular complexity index is 2100. The summed E-state index contributed by atoms with van der Waals surface area (Å²) in [7, 11) is 1.53. The van der Waals surface area contributed by atoms with Crippen molar-refractivity contribution in [2.75, 3.05) is 26.9 Å². The fourth-order valence-corrected chi connectivity index (χ4v) is 6.85. The average molecular weight is 627 g/mol. The molecule has 0 saturated heterocycles. The first-order valence-electron chi connectivity index (χ1n) is 14.3. The van der Waals surface area contributed by atoms with E-state index < -0.39 is 11.6 Å². The molecule has 228 valence electrons. The van der Waals surface area contributed by atoms with Crippen LogP contribution in [0, 0.1) is 11.6 Å². The number of hydrogen-bond donors (Lipinski definition) is 0. The minimum atomic E-state index is -0.784. The number of aromatic nitrogens is 5. The van der Waals surface area contributed by atoms with E-state index in [1.54, 1.807) is 17.4 Å². The monoisotopic (exact) mass is 626 g/mol. The van der Waals surface area contributed by atoms with Crippen molar-refractivity contribution in [2.45, 2.75) is 19.5 Å². The van der Waals surface area contributed by atoms with Gasteiger partial charge in [-0.3, -0.25) is 9.48 Å². The van der Waals surface area contributed by atoms with E-state index in [1.807, 2.05) is 51.8 Å². The van der Waals surface area contributed by atoms with Crippen molar-refractivity contribution < 1.29 is 23.0 Å². The second-order valence-corrected chi connectivity index (χ2v) is 11.6. The predicted molar refractivity (Wildman–Crippen MR) is 168 cm³/mol. The lowest BCUT2D eigenvalue weighted by Gasteiger charge is -2.33. The van der Waals surface area contributed by atoms with Gasteiger partial charge in [-0.25, -0.2) is 18.7 Å². The second-order valence-electron chi connectivity index (χ2n) is 10.7. The second kappa shape index (κ2) is 11.5. The van der Waals surface area contributed by atoms with Crippen molar-refractivity contribution in [1.29, 1.82) is 0 Å². The molecule has 1 aliphatic heterocycles. The van der Waals surface area contributed by atoms with E-state index in [-0.39, 0.29) is 36.5 Å². The van der Waals surface area contributed by atoms with Crippen molar-refractivity contribution in [3.05, 3.63) is 90.5 Å². The van der Waals surface area contributed by atoms with Gasteiger partial charge < -0.3 is 18.8 Å². The number of hydrogen-bond acceptors (Lipinski definition) is 7. The number of thiophene rings is 1. The van der Waals surface area contributed by atoms with Crippen LogP contribution in [0.4, 0.5) is 8.78 Å². The average Bonchev–Trinajstić information content (AvgIpc) is 3.80. The van der Waals surface area contributed by atoms with Crippen LogP contribution in [-0.4, -0.2) is 61.8 Å². The first-order chi connectivity index (χ1) is 21.9. The van der Waals surface area contributed by atoms with Crippen LogP contribution in [0.25, 0.3) is 49.4 Å². The Morgan fingerprint density at radius 2 is 2.00 bits per heavy atom. The summed E-state index contributed by atoms with van der Waals surface area (Å²) in [5.74, 6) is -1.67. The van der Waals surface area contributed by atoms with Gasteiger partial charge in [-0.05, 0) is 42.6 Å². The molecule has 0 N–H and O–H groups in total. The number of pyridine rings is 2. The summed E-state index contributed by atoms with van der Waals surface area (Å²) >= 11 is 1.43. The lowest BCUT2D eigenvalue weighted by molar-refractivity contribution is -0.129. The zero-order valence-electron chi connectivity index (χ0n) is 24.5. The van der Waals surface area contributed by atoms with Gasteiger partial charge in [0.2, 0.25) is 5.91 Å². The predicted octanol–water partition coefficient (Wildman–Crippen LogP) is 6.53. The Labute approximate surface area is 261 Å². The molecule has 0 spiro atoms. The molecule has 0 fully saturated rings. The zero-order chi connectivity index (χ0) is 31.2. The number of carbonyl (C=O) groups is 1. The van der Waals surface area contributed by atoms with Crippen LogP contribution in [0.1, 0.15) is 18.7 Å². The molecular formula is C33H28F2N6O3S. The molecule has 0 radical (unpaired) electrons. The minimum Gasteiger partial charge on any atom is -0.490 e. The van der Waals surface area contributed by atoms with Crippen molar-refractivity contribution in [3.63, 3.8) is 0 Å². The standard InChI is InChI=1S/C33H28F2N6O3S/c1-4-28(42)40-8-9-41-26(19(40)2)16-25(38-41)32-30(29-24(35)14-21(34)15-27(29)44-11-10-43-3)33-23(6-12-45-33)31(37-32)20-5-7-39-18-36-17-22(39)13-20/h4-7,12-19H,1,8-11H2,2-3H3/t19-/m1/s1. The quantitative estimate of drug-likeness (QED) is 0.141. The molecule has 12 heteroatoms. The minimum absolute atomic E-state index is 0.0378. The highest BCUT2D eigenvalue weighted by Gasteiger charge is 2.31. The van der Waals surface area contributed by atoms with E-state index >= 15 is 4.39 Å². The smallest absolute Gasteiger partial charge is 0.246 e. The third-order valence-electron chi connectivity index (χ3n) is 8.07. The molecule has 9 nitrogen and oxygen atoms in total. The summed E-state index contributed by atoms with van der Waals surface area (Å²) in [6, 6.07) is 9.53. The molecule has 5 aromatic heterocycles. The maximum atomic E-state index is 16.0. The largest absolute Gasteiger partial charge is 0.490 e. The maximum Gasteiger partial charge on any atom is 0.246 e. The fourth-order valence-electron chi connectivity index (χ4n) is 5.91. The summed E-state index contributed by atoms with van der Waals surface area (Å²) in [5, 5.41) is 7.64. The molecule has 6 heterocycles. The van der Waals surface area contributed by atoms with Gasteiger partial charge in [0.1, 0.15) is 35.4 Å². The van der Waals surface area contributed by atoms with Gasteiger partial charge in [0.25, 0.3) is 0 Å². The van der Waals surface area contributed by atoms with Crippen molar-refractivity contribution in [3.8, 4) is 39.5 Å². The molecule has 7 rings (SSSR count). The number of methoxy groups -OCH3 is 1. The molecule has 1 atom stereocenters. The van der Waals surface area contributed by atoms with E-state index in [0.717, 1.165) is 32.9 Å². The molecule has 0 bridgehead atoms. The highest BCUT2D eigenvalue weighted by molar-refractivity contribution is 7.18. The number of imidazole rings is 1. The van der Waals surface area contributed by atoms with Crippen molar-refractivity contribution in [1.82, 2.24) is 29.0 Å². The molecular weight excluding hydrogens is 598 g/mol. The lowest BCUT2D eigenvalue weighted by atomic mass is 9.96. The molecule has 1 aromatic carbocycles. The van der Waals surface area contributed by atoms with Gasteiger partial charge in [-0.15, -0.1) is 11.3 Å². The van der Waals surface area contributed by atoms with Gasteiger partial charge in [-0.1, -0.05) is 6.58 Å². The Balaban J connectivity index is 1.50. The topological polar surface area (TPSA) is 86.8 Å². The number of ether oxygens (including phenoxy) is 2. The van der Waals surface area contributed by atoms with Crippen molar-refractivity contribution in [2.24, 2.45) is 0 Å². The molecule has 1 amide bonds. The number of halogens is 2. The van der Waals surface area contributed by atoms with Crippen LogP contribution in [0.3, 0.4) is 0 Å². The Morgan fingerprint density at radius 3 is 2.82 bits per heavy atom. The molecule has 0 unspecified atom stereocenters. The first kappa shape index (κ1) is 28.8. The van der Waals surface area contributed by atoms with Gasteiger partial charge in [0.15, 0.2) is 0 Å². The third kappa shape index (κ3) is 4.95. The summed E-state index contributed by atoms with van der Waals surface area (Å²) < 4.78 is 46.1. The number of benzene rings is 1. The summed E-state index contributed by atoms with van der Waals surface area (Å²) in [4.78, 5) is 23.7. The maximum absolute atomic E-state index is 16.0. The third-order valence-corrected chi connectivity index (χ3v) is 9.00. The van der Waals surface area contributed by atoms with Crippen LogP contribution in [-0.2, 0) is 16.1 Å². The van der Waals surface area contributed by atoms with Crippen LogP contribution < -0.4 is 4.74 Å². The first-order valence-corrected chi connectivity index (χ1v) is 15.2. The highest BCUT2D eigenvalue weighted by atomic mass is 32.1. The van der Waals surface area contributed by atoms with Gasteiger partial charge in [-0.2, -0.15) is 5.10 Å². The number of fused-ring (bicyclic) bond motifs is 3. The molecule has 0 aliphatic carbocycles. The molecule has 0 saturated carbocycles. The van der Waals surface area contributed by atoms with E-state index in [9.17, 15) is 9.18 Å². The number of rotatable bonds is 8. The van der Waals surface area contributed by atoms with Crippen LogP contribution in [0.15, 0.2) is 73.2 Å². The van der Waals surface area contributed by atoms with E-state index in [4.69, 9.17) is 19.6 Å². The molecule has 45 heavy (non-hydrogen) atoms. The van der Waals surface area contributed by atoms with E-state index in [1.165, 1.54) is 30.6 Å². The van der Waals surface area contributed by atoms with Gasteiger partial charge >= 0.3 is 0 Å². The molecule has 6 aromatic rings. The Morgan fingerprint density at radius 1 is 1.13 bits per heavy atom. The fraction of sp³-hybridized carbons (Fsp3) is 0.212. The SMILES string of the molecule is C=CC(=O)N1CCn2nc(-c3nc(-c4ccn5cncc5c4)c4ccsc4c3-c3c(F)cc(F)cc3OCCOC)cc2[C@H]1C. The zero-order valence-corrected chi connectivity index (χ0v) is 25.4. The van der Waals surface area contributed by atoms with Crippen LogP contribution >= 0.6 is 11.3 Å². The number of carbonyl (C=O) groups excluding carboxylic acids is 1. The number of nitrogens with zero attached hydrogens (tertiary/aromatic N) is 6. The normalized spacial score (nSPS) is 14.7. The highest BCUT2D eigenvalue weighted by Crippen LogP contribution is 2.47. The lowest BCUT2D eigenvalue weighted by Crippen LogP contribution is -2.40. The molecule has 1 aliphatic rings. The summed E-state index contributed by atoms with van der Waals surface area (Å²) in [6.07, 6.45) is 6.71. The van der Waals surface area contributed by atoms with Crippen molar-refractivity contribution >= 4 is 32.8 Å². The Hall–Kier alpha value is -4.94. The van der Waals surface area contributed by atoms with Gasteiger partial charge in [0, 0.05) is 53.2 Å². The van der Waals surface area contributed by atoms with Gasteiger partial charge in [0.05, 0.1) is 54.2 Å².